The molecule has 3 saturated heterocycles. The first-order valence-electron chi connectivity index (χ1n) is 3.96. The Morgan fingerprint density at radius 2 is 1.73 bits per heavy atom. The second-order valence-corrected chi connectivity index (χ2v) is 3.02. The van der Waals surface area contributed by atoms with Gasteiger partial charge < -0.3 is 19.9 Å². The van der Waals surface area contributed by atoms with Gasteiger partial charge in [0.25, 0.3) is 5.97 Å². The third kappa shape index (κ3) is 1.27. The summed E-state index contributed by atoms with van der Waals surface area (Å²) in [4.78, 5) is 0. The first-order chi connectivity index (χ1) is 5.35. The molecule has 3 heterocycles. The molecule has 2 bridgehead atoms. The fourth-order valence-corrected chi connectivity index (χ4v) is 1.40. The highest BCUT2D eigenvalue weighted by atomic mass is 16.9. The quantitative estimate of drug-likeness (QED) is 0.600. The molecule has 2 N–H and O–H groups in total. The summed E-state index contributed by atoms with van der Waals surface area (Å²) in [5.41, 5.74) is 5.40. The van der Waals surface area contributed by atoms with Gasteiger partial charge in [-0.25, -0.2) is 0 Å². The zero-order valence-corrected chi connectivity index (χ0v) is 6.41. The Hall–Kier alpha value is -0.160. The molecule has 3 aliphatic heterocycles. The standard InChI is InChI=1S/C7H13NO3/c8-2-1-7-9-3-6(4-10-7)5-11-7/h6H,1-5,8H2. The molecule has 0 saturated carbocycles. The number of hydrogen-bond acceptors (Lipinski definition) is 4. The van der Waals surface area contributed by atoms with Crippen LogP contribution in [-0.4, -0.2) is 32.3 Å². The maximum atomic E-state index is 5.40. The van der Waals surface area contributed by atoms with Gasteiger partial charge in [-0.05, 0) is 0 Å². The molecule has 3 rings (SSSR count). The first kappa shape index (κ1) is 7.49. The predicted octanol–water partition coefficient (Wildman–Crippen LogP) is -0.318. The smallest absolute Gasteiger partial charge is 0.284 e. The van der Waals surface area contributed by atoms with Crippen LogP contribution in [0.1, 0.15) is 6.42 Å². The molecule has 0 aliphatic carbocycles. The normalized spacial score (nSPS) is 42.8. The molecule has 4 nitrogen and oxygen atoms in total. The largest absolute Gasteiger partial charge is 0.330 e. The molecular weight excluding hydrogens is 146 g/mol. The summed E-state index contributed by atoms with van der Waals surface area (Å²) in [6, 6.07) is 0. The van der Waals surface area contributed by atoms with Crippen molar-refractivity contribution >= 4 is 0 Å². The average Bonchev–Trinajstić information content (AvgIpc) is 2.07. The molecule has 11 heavy (non-hydrogen) atoms. The van der Waals surface area contributed by atoms with Crippen LogP contribution < -0.4 is 5.73 Å². The van der Waals surface area contributed by atoms with E-state index in [2.05, 4.69) is 0 Å². The minimum Gasteiger partial charge on any atom is -0.330 e. The molecular formula is C7H13NO3. The molecule has 0 amide bonds. The minimum atomic E-state index is -0.788. The number of ether oxygens (including phenoxy) is 3. The van der Waals surface area contributed by atoms with E-state index < -0.39 is 5.97 Å². The highest BCUT2D eigenvalue weighted by Crippen LogP contribution is 2.32. The maximum absolute atomic E-state index is 5.40. The zero-order chi connectivity index (χ0) is 7.73. The van der Waals surface area contributed by atoms with Crippen molar-refractivity contribution in [3.8, 4) is 0 Å². The topological polar surface area (TPSA) is 53.7 Å². The van der Waals surface area contributed by atoms with E-state index in [-0.39, 0.29) is 0 Å². The van der Waals surface area contributed by atoms with E-state index in [1.54, 1.807) is 0 Å². The SMILES string of the molecule is NCCC12OCC(CO1)CO2. The Balaban J connectivity index is 2.00. The first-order valence-corrected chi connectivity index (χ1v) is 3.96. The zero-order valence-electron chi connectivity index (χ0n) is 6.41. The molecule has 0 aromatic carbocycles. The van der Waals surface area contributed by atoms with E-state index >= 15 is 0 Å². The molecule has 3 fully saturated rings. The number of fused-ring (bicyclic) bond motifs is 3. The summed E-state index contributed by atoms with van der Waals surface area (Å²) in [7, 11) is 0. The van der Waals surface area contributed by atoms with Gasteiger partial charge in [0.1, 0.15) is 0 Å². The van der Waals surface area contributed by atoms with Gasteiger partial charge in [-0.2, -0.15) is 0 Å². The van der Waals surface area contributed by atoms with Crippen LogP contribution in [0.4, 0.5) is 0 Å². The second kappa shape index (κ2) is 2.71. The van der Waals surface area contributed by atoms with Crippen LogP contribution >= 0.6 is 0 Å². The highest BCUT2D eigenvalue weighted by molar-refractivity contribution is 4.74. The third-order valence-corrected chi connectivity index (χ3v) is 2.07. The summed E-state index contributed by atoms with van der Waals surface area (Å²) in [5.74, 6) is -0.363. The van der Waals surface area contributed by atoms with Gasteiger partial charge in [0.05, 0.1) is 19.8 Å². The Labute approximate surface area is 65.6 Å². The van der Waals surface area contributed by atoms with Crippen molar-refractivity contribution in [1.82, 2.24) is 0 Å². The van der Waals surface area contributed by atoms with Crippen molar-refractivity contribution < 1.29 is 14.2 Å². The monoisotopic (exact) mass is 159 g/mol. The van der Waals surface area contributed by atoms with Crippen molar-refractivity contribution in [3.63, 3.8) is 0 Å². The Morgan fingerprint density at radius 1 is 1.18 bits per heavy atom. The summed E-state index contributed by atoms with van der Waals surface area (Å²) >= 11 is 0. The Bertz CT molecular complexity index is 123. The van der Waals surface area contributed by atoms with E-state index in [1.165, 1.54) is 0 Å². The van der Waals surface area contributed by atoms with E-state index in [0.717, 1.165) is 19.8 Å². The molecule has 4 heteroatoms. The van der Waals surface area contributed by atoms with Crippen molar-refractivity contribution in [2.24, 2.45) is 11.7 Å². The lowest BCUT2D eigenvalue weighted by Crippen LogP contribution is -2.54. The van der Waals surface area contributed by atoms with Crippen molar-refractivity contribution in [1.29, 1.82) is 0 Å². The van der Waals surface area contributed by atoms with Crippen LogP contribution in [0.2, 0.25) is 0 Å². The summed E-state index contributed by atoms with van der Waals surface area (Å²) < 4.78 is 16.1. The molecule has 0 spiro atoms. The summed E-state index contributed by atoms with van der Waals surface area (Å²) in [6.07, 6.45) is 0.625. The minimum absolute atomic E-state index is 0.426. The second-order valence-electron chi connectivity index (χ2n) is 3.02. The van der Waals surface area contributed by atoms with Crippen LogP contribution in [-0.2, 0) is 14.2 Å². The van der Waals surface area contributed by atoms with Gasteiger partial charge >= 0.3 is 0 Å². The van der Waals surface area contributed by atoms with Crippen molar-refractivity contribution in [3.05, 3.63) is 0 Å². The number of hydrogen-bond donors (Lipinski definition) is 1. The van der Waals surface area contributed by atoms with Gasteiger partial charge in [0.15, 0.2) is 0 Å². The van der Waals surface area contributed by atoms with Gasteiger partial charge in [-0.1, -0.05) is 0 Å². The fraction of sp³-hybridized carbons (Fsp3) is 1.00. The molecule has 3 aliphatic rings. The van der Waals surface area contributed by atoms with Crippen LogP contribution in [0.25, 0.3) is 0 Å². The van der Waals surface area contributed by atoms with Gasteiger partial charge in [0.2, 0.25) is 0 Å². The third-order valence-electron chi connectivity index (χ3n) is 2.07. The lowest BCUT2D eigenvalue weighted by molar-refractivity contribution is -0.449. The van der Waals surface area contributed by atoms with Crippen LogP contribution in [0, 0.1) is 5.92 Å². The van der Waals surface area contributed by atoms with E-state index in [9.17, 15) is 0 Å². The van der Waals surface area contributed by atoms with Crippen molar-refractivity contribution in [2.75, 3.05) is 26.4 Å². The van der Waals surface area contributed by atoms with Crippen LogP contribution in [0.15, 0.2) is 0 Å². The molecule has 0 aromatic rings. The molecule has 0 radical (unpaired) electrons. The number of nitrogens with two attached hydrogens (primary N) is 1. The van der Waals surface area contributed by atoms with E-state index in [1.807, 2.05) is 0 Å². The predicted molar refractivity (Wildman–Crippen MR) is 37.7 cm³/mol. The van der Waals surface area contributed by atoms with Gasteiger partial charge in [-0.15, -0.1) is 0 Å². The number of rotatable bonds is 2. The average molecular weight is 159 g/mol. The lowest BCUT2D eigenvalue weighted by Gasteiger charge is -2.45. The van der Waals surface area contributed by atoms with Gasteiger partial charge in [-0.3, -0.25) is 0 Å². The Morgan fingerprint density at radius 3 is 2.18 bits per heavy atom. The molecule has 0 atom stereocenters. The van der Waals surface area contributed by atoms with Crippen LogP contribution in [0.5, 0.6) is 0 Å². The van der Waals surface area contributed by atoms with E-state index in [4.69, 9.17) is 19.9 Å². The highest BCUT2D eigenvalue weighted by Gasteiger charge is 2.43. The lowest BCUT2D eigenvalue weighted by atomic mass is 10.1. The van der Waals surface area contributed by atoms with Crippen molar-refractivity contribution in [2.45, 2.75) is 12.4 Å². The summed E-state index contributed by atoms with van der Waals surface area (Å²) in [6.45, 7) is 2.78. The Kier molecular flexibility index (Phi) is 1.85. The fourth-order valence-electron chi connectivity index (χ4n) is 1.40. The molecule has 64 valence electrons. The summed E-state index contributed by atoms with van der Waals surface area (Å²) in [5, 5.41) is 0. The van der Waals surface area contributed by atoms with Crippen LogP contribution in [0.3, 0.4) is 0 Å². The molecule has 0 unspecified atom stereocenters. The van der Waals surface area contributed by atoms with E-state index in [0.29, 0.717) is 18.9 Å². The van der Waals surface area contributed by atoms with Gasteiger partial charge in [0, 0.05) is 18.9 Å². The molecule has 0 aromatic heterocycles. The maximum Gasteiger partial charge on any atom is 0.284 e.